The van der Waals surface area contributed by atoms with Gasteiger partial charge in [0, 0.05) is 5.69 Å². The van der Waals surface area contributed by atoms with E-state index in [1.54, 1.807) is 6.92 Å². The summed E-state index contributed by atoms with van der Waals surface area (Å²) in [5, 5.41) is 19.3. The molecule has 0 atom stereocenters. The first-order valence-corrected chi connectivity index (χ1v) is 4.24. The zero-order chi connectivity index (χ0) is 9.14. The molecule has 1 rings (SSSR count). The summed E-state index contributed by atoms with van der Waals surface area (Å²) in [5.41, 5.74) is 1.10. The summed E-state index contributed by atoms with van der Waals surface area (Å²) in [6, 6.07) is 1.93. The van der Waals surface area contributed by atoms with Crippen molar-refractivity contribution in [1.82, 2.24) is 4.98 Å². The molecule has 0 spiro atoms. The van der Waals surface area contributed by atoms with Crippen molar-refractivity contribution in [3.05, 3.63) is 16.4 Å². The normalized spacial score (nSPS) is 9.00. The molecule has 1 aromatic rings. The van der Waals surface area contributed by atoms with Crippen molar-refractivity contribution >= 4 is 23.4 Å². The molecule has 12 heavy (non-hydrogen) atoms. The number of nitrogens with one attached hydrogen (secondary N) is 1. The Labute approximate surface area is 78.9 Å². The summed E-state index contributed by atoms with van der Waals surface area (Å²) in [4.78, 5) is 3.40. The van der Waals surface area contributed by atoms with Crippen LogP contribution in [-0.2, 0) is 0 Å². The molecule has 0 unspecified atom stereocenters. The Balaban J connectivity index is 3.27. The maximum absolute atomic E-state index is 8.66. The molecule has 0 amide bonds. The number of hydrogen-bond donors (Lipinski definition) is 1. The van der Waals surface area contributed by atoms with Gasteiger partial charge in [-0.3, -0.25) is 0 Å². The van der Waals surface area contributed by atoms with E-state index < -0.39 is 0 Å². The van der Waals surface area contributed by atoms with Crippen LogP contribution in [0.4, 0.5) is 0 Å². The Kier molecular flexibility index (Phi) is 2.65. The van der Waals surface area contributed by atoms with E-state index in [-0.39, 0.29) is 0 Å². The van der Waals surface area contributed by atoms with Crippen molar-refractivity contribution in [3.8, 4) is 11.5 Å². The van der Waals surface area contributed by atoms with E-state index in [1.165, 1.54) is 0 Å². The minimum absolute atomic E-state index is 0.299. The number of hydrogen-bond acceptors (Lipinski definition) is 3. The minimum atomic E-state index is 0.299. The van der Waals surface area contributed by atoms with Gasteiger partial charge < -0.3 is 4.98 Å². The Morgan fingerprint density at radius 3 is 2.67 bits per heavy atom. The topological polar surface area (TPSA) is 63.4 Å². The molecule has 0 radical (unpaired) electrons. The average molecular weight is 198 g/mol. The lowest BCUT2D eigenvalue weighted by atomic mass is 10.3. The van der Waals surface area contributed by atoms with Crippen molar-refractivity contribution in [3.63, 3.8) is 0 Å². The highest BCUT2D eigenvalue weighted by atomic mass is 35.5. The zero-order valence-electron chi connectivity index (χ0n) is 6.18. The molecule has 0 aliphatic carbocycles. The number of rotatable bonds is 1. The first-order valence-electron chi connectivity index (χ1n) is 3.04. The SMILES string of the molecule is Cc1[nH]c(Cl)c(C#N)c1SC#N. The van der Waals surface area contributed by atoms with E-state index in [1.807, 2.05) is 11.5 Å². The van der Waals surface area contributed by atoms with Crippen molar-refractivity contribution in [2.24, 2.45) is 0 Å². The number of thioether (sulfide) groups is 1. The Hall–Kier alpha value is -1.10. The van der Waals surface area contributed by atoms with Gasteiger partial charge in [-0.05, 0) is 18.7 Å². The summed E-state index contributed by atoms with van der Waals surface area (Å²) >= 11 is 6.63. The molecule has 3 nitrogen and oxygen atoms in total. The van der Waals surface area contributed by atoms with E-state index in [0.29, 0.717) is 15.6 Å². The van der Waals surface area contributed by atoms with Crippen LogP contribution in [0, 0.1) is 28.9 Å². The molecule has 0 aliphatic rings. The van der Waals surface area contributed by atoms with Crippen molar-refractivity contribution < 1.29 is 0 Å². The number of halogens is 1. The van der Waals surface area contributed by atoms with Crippen LogP contribution >= 0.6 is 23.4 Å². The van der Waals surface area contributed by atoms with Crippen LogP contribution < -0.4 is 0 Å². The quantitative estimate of drug-likeness (QED) is 0.556. The van der Waals surface area contributed by atoms with Gasteiger partial charge >= 0.3 is 0 Å². The fraction of sp³-hybridized carbons (Fsp3) is 0.143. The molecule has 0 saturated heterocycles. The van der Waals surface area contributed by atoms with Crippen LogP contribution in [0.1, 0.15) is 11.3 Å². The number of nitrogens with zero attached hydrogens (tertiary/aromatic N) is 2. The van der Waals surface area contributed by atoms with E-state index in [0.717, 1.165) is 17.5 Å². The van der Waals surface area contributed by atoms with Crippen LogP contribution in [0.2, 0.25) is 5.15 Å². The predicted molar refractivity (Wildman–Crippen MR) is 46.7 cm³/mol. The van der Waals surface area contributed by atoms with Gasteiger partial charge in [0.15, 0.2) is 0 Å². The molecule has 0 fully saturated rings. The van der Waals surface area contributed by atoms with Gasteiger partial charge in [0.2, 0.25) is 0 Å². The van der Waals surface area contributed by atoms with E-state index in [2.05, 4.69) is 4.98 Å². The Morgan fingerprint density at radius 1 is 1.50 bits per heavy atom. The van der Waals surface area contributed by atoms with Crippen LogP contribution in [-0.4, -0.2) is 4.98 Å². The molecule has 5 heteroatoms. The second-order valence-corrected chi connectivity index (χ2v) is 3.25. The number of thiocyanates is 1. The van der Waals surface area contributed by atoms with Crippen LogP contribution in [0.5, 0.6) is 0 Å². The second-order valence-electron chi connectivity index (χ2n) is 2.07. The van der Waals surface area contributed by atoms with Gasteiger partial charge in [0.1, 0.15) is 22.2 Å². The summed E-state index contributed by atoms with van der Waals surface area (Å²) in [5.74, 6) is 0. The zero-order valence-corrected chi connectivity index (χ0v) is 7.75. The largest absolute Gasteiger partial charge is 0.348 e. The highest BCUT2D eigenvalue weighted by Gasteiger charge is 2.13. The van der Waals surface area contributed by atoms with Gasteiger partial charge in [-0.25, -0.2) is 0 Å². The number of aromatic amines is 1. The molecular formula is C7H4ClN3S. The lowest BCUT2D eigenvalue weighted by Crippen LogP contribution is -1.74. The molecule has 0 saturated carbocycles. The first kappa shape index (κ1) is 8.99. The van der Waals surface area contributed by atoms with E-state index in [4.69, 9.17) is 22.1 Å². The van der Waals surface area contributed by atoms with Crippen LogP contribution in [0.15, 0.2) is 4.90 Å². The summed E-state index contributed by atoms with van der Waals surface area (Å²) in [6.07, 6.45) is 0. The number of H-pyrrole nitrogens is 1. The molecule has 1 N–H and O–H groups in total. The van der Waals surface area contributed by atoms with Gasteiger partial charge in [-0.2, -0.15) is 10.5 Å². The van der Waals surface area contributed by atoms with Crippen molar-refractivity contribution in [2.75, 3.05) is 0 Å². The van der Waals surface area contributed by atoms with E-state index >= 15 is 0 Å². The maximum atomic E-state index is 8.66. The third kappa shape index (κ3) is 1.40. The summed E-state index contributed by atoms with van der Waals surface area (Å²) in [6.45, 7) is 1.77. The smallest absolute Gasteiger partial charge is 0.138 e. The number of aromatic nitrogens is 1. The van der Waals surface area contributed by atoms with Crippen molar-refractivity contribution in [1.29, 1.82) is 10.5 Å². The maximum Gasteiger partial charge on any atom is 0.138 e. The molecule has 1 aromatic heterocycles. The minimum Gasteiger partial charge on any atom is -0.348 e. The monoisotopic (exact) mass is 197 g/mol. The second kappa shape index (κ2) is 3.53. The highest BCUT2D eigenvalue weighted by molar-refractivity contribution is 8.03. The van der Waals surface area contributed by atoms with Gasteiger partial charge in [0.25, 0.3) is 0 Å². The Bertz CT molecular complexity index is 383. The molecular weight excluding hydrogens is 194 g/mol. The number of aryl methyl sites for hydroxylation is 1. The third-order valence-corrected chi connectivity index (χ3v) is 2.43. The Morgan fingerprint density at radius 2 is 2.17 bits per heavy atom. The fourth-order valence-electron chi connectivity index (χ4n) is 0.844. The van der Waals surface area contributed by atoms with Gasteiger partial charge in [0.05, 0.1) is 4.90 Å². The molecule has 0 aliphatic heterocycles. The van der Waals surface area contributed by atoms with Crippen molar-refractivity contribution in [2.45, 2.75) is 11.8 Å². The summed E-state index contributed by atoms with van der Waals surface area (Å²) in [7, 11) is 0. The molecule has 60 valence electrons. The lowest BCUT2D eigenvalue weighted by Gasteiger charge is -1.88. The molecule has 0 aromatic carbocycles. The summed E-state index contributed by atoms with van der Waals surface area (Å²) < 4.78 is 0. The van der Waals surface area contributed by atoms with Crippen LogP contribution in [0.25, 0.3) is 0 Å². The first-order chi connectivity index (χ1) is 5.70. The highest BCUT2D eigenvalue weighted by Crippen LogP contribution is 2.30. The standard InChI is InChI=1S/C7H4ClN3S/c1-4-6(12-3-10)5(2-9)7(8)11-4/h11H,1H3. The average Bonchev–Trinajstić information content (AvgIpc) is 2.28. The lowest BCUT2D eigenvalue weighted by molar-refractivity contribution is 1.21. The third-order valence-electron chi connectivity index (χ3n) is 1.34. The predicted octanol–water partition coefficient (Wildman–Crippen LogP) is 2.42. The molecule has 1 heterocycles. The van der Waals surface area contributed by atoms with Crippen LogP contribution in [0.3, 0.4) is 0 Å². The molecule has 0 bridgehead atoms. The van der Waals surface area contributed by atoms with Gasteiger partial charge in [-0.1, -0.05) is 11.6 Å². The van der Waals surface area contributed by atoms with Gasteiger partial charge in [-0.15, -0.1) is 0 Å². The number of nitriles is 2. The van der Waals surface area contributed by atoms with E-state index in [9.17, 15) is 0 Å². The fourth-order valence-corrected chi connectivity index (χ4v) is 1.72.